The van der Waals surface area contributed by atoms with E-state index in [0.717, 1.165) is 32.7 Å². The number of piperazine rings is 1. The fourth-order valence-electron chi connectivity index (χ4n) is 3.33. The Morgan fingerprint density at radius 2 is 1.91 bits per heavy atom. The van der Waals surface area contributed by atoms with Crippen LogP contribution in [0.25, 0.3) is 0 Å². The van der Waals surface area contributed by atoms with E-state index < -0.39 is 5.60 Å². The average molecular weight is 304 g/mol. The minimum atomic E-state index is -0.599. The topological polar surface area (TPSA) is 26.7 Å². The lowest BCUT2D eigenvalue weighted by molar-refractivity contribution is -0.00393. The minimum Gasteiger partial charge on any atom is -0.389 e. The smallest absolute Gasteiger partial charge is 0.0718 e. The van der Waals surface area contributed by atoms with Crippen molar-refractivity contribution in [1.82, 2.24) is 9.80 Å². The monoisotopic (exact) mass is 304 g/mol. The van der Waals surface area contributed by atoms with E-state index in [2.05, 4.69) is 54.0 Å². The number of hydrogen-bond donors (Lipinski definition) is 1. The van der Waals surface area contributed by atoms with E-state index in [-0.39, 0.29) is 0 Å². The number of aliphatic hydroxyl groups is 1. The zero-order valence-electron chi connectivity index (χ0n) is 14.6. The number of β-amino-alcohol motifs (C(OH)–C–C–N with tert-alkyl or cyclic N) is 1. The van der Waals surface area contributed by atoms with E-state index in [1.165, 1.54) is 12.0 Å². The van der Waals surface area contributed by atoms with Crippen LogP contribution in [0.2, 0.25) is 0 Å². The molecule has 0 saturated carbocycles. The highest BCUT2D eigenvalue weighted by Crippen LogP contribution is 2.20. The normalized spacial score (nSPS) is 22.7. The lowest BCUT2D eigenvalue weighted by Gasteiger charge is -2.42. The average Bonchev–Trinajstić information content (AvgIpc) is 2.47. The van der Waals surface area contributed by atoms with E-state index >= 15 is 0 Å². The van der Waals surface area contributed by atoms with E-state index in [9.17, 15) is 5.11 Å². The molecule has 1 aliphatic rings. The first-order valence-electron chi connectivity index (χ1n) is 8.59. The van der Waals surface area contributed by atoms with Gasteiger partial charge in [0.15, 0.2) is 0 Å². The van der Waals surface area contributed by atoms with Crippen molar-refractivity contribution in [3.05, 3.63) is 35.9 Å². The molecule has 1 N–H and O–H groups in total. The zero-order valence-corrected chi connectivity index (χ0v) is 14.6. The van der Waals surface area contributed by atoms with Gasteiger partial charge in [0.05, 0.1) is 5.60 Å². The maximum Gasteiger partial charge on any atom is 0.0718 e. The summed E-state index contributed by atoms with van der Waals surface area (Å²) in [5.41, 5.74) is 0.842. The highest BCUT2D eigenvalue weighted by Gasteiger charge is 2.27. The van der Waals surface area contributed by atoms with Crippen LogP contribution in [0, 0.1) is 0 Å². The molecular formula is C19H32N2O. The molecule has 0 unspecified atom stereocenters. The predicted octanol–water partition coefficient (Wildman–Crippen LogP) is 2.96. The van der Waals surface area contributed by atoms with Gasteiger partial charge in [0, 0.05) is 32.2 Å². The van der Waals surface area contributed by atoms with Crippen molar-refractivity contribution in [2.75, 3.05) is 32.7 Å². The minimum absolute atomic E-state index is 0.521. The van der Waals surface area contributed by atoms with Gasteiger partial charge in [0.25, 0.3) is 0 Å². The molecule has 1 saturated heterocycles. The maximum absolute atomic E-state index is 10.0. The van der Waals surface area contributed by atoms with Gasteiger partial charge in [0.2, 0.25) is 0 Å². The summed E-state index contributed by atoms with van der Waals surface area (Å²) in [7, 11) is 0. The summed E-state index contributed by atoms with van der Waals surface area (Å²) < 4.78 is 0. The van der Waals surface area contributed by atoms with Crippen molar-refractivity contribution in [3.8, 4) is 0 Å². The van der Waals surface area contributed by atoms with E-state index in [4.69, 9.17) is 0 Å². The third kappa shape index (κ3) is 5.38. The molecule has 3 heteroatoms. The molecule has 1 fully saturated rings. The first kappa shape index (κ1) is 17.5. The SMILES string of the molecule is C[C@H](CCN1CCN(CC(C)(C)O)[C@@H](C)C1)c1ccccc1. The van der Waals surface area contributed by atoms with Crippen LogP contribution in [0.3, 0.4) is 0 Å². The molecule has 1 heterocycles. The fraction of sp³-hybridized carbons (Fsp3) is 0.684. The van der Waals surface area contributed by atoms with Gasteiger partial charge in [-0.25, -0.2) is 0 Å². The molecule has 1 aliphatic heterocycles. The van der Waals surface area contributed by atoms with E-state index in [0.29, 0.717) is 12.0 Å². The van der Waals surface area contributed by atoms with Crippen LogP contribution in [0.15, 0.2) is 30.3 Å². The Morgan fingerprint density at radius 3 is 2.50 bits per heavy atom. The molecule has 0 amide bonds. The second-order valence-corrected chi connectivity index (χ2v) is 7.53. The van der Waals surface area contributed by atoms with Crippen molar-refractivity contribution in [2.24, 2.45) is 0 Å². The predicted molar refractivity (Wildman–Crippen MR) is 93.2 cm³/mol. The maximum atomic E-state index is 10.0. The molecule has 1 aromatic carbocycles. The summed E-state index contributed by atoms with van der Waals surface area (Å²) in [5, 5.41) is 10.0. The van der Waals surface area contributed by atoms with Gasteiger partial charge in [-0.1, -0.05) is 37.3 Å². The quantitative estimate of drug-likeness (QED) is 0.875. The van der Waals surface area contributed by atoms with E-state index in [1.807, 2.05) is 13.8 Å². The molecule has 0 aliphatic carbocycles. The Hall–Kier alpha value is -0.900. The molecule has 2 atom stereocenters. The van der Waals surface area contributed by atoms with Crippen molar-refractivity contribution < 1.29 is 5.11 Å². The number of hydrogen-bond acceptors (Lipinski definition) is 3. The number of nitrogens with zero attached hydrogens (tertiary/aromatic N) is 2. The highest BCUT2D eigenvalue weighted by atomic mass is 16.3. The Balaban J connectivity index is 1.77. The van der Waals surface area contributed by atoms with Crippen LogP contribution in [-0.2, 0) is 0 Å². The molecule has 0 aromatic heterocycles. The second kappa shape index (κ2) is 7.58. The van der Waals surface area contributed by atoms with Gasteiger partial charge in [0.1, 0.15) is 0 Å². The second-order valence-electron chi connectivity index (χ2n) is 7.53. The van der Waals surface area contributed by atoms with Crippen LogP contribution < -0.4 is 0 Å². The molecule has 124 valence electrons. The Kier molecular flexibility index (Phi) is 6.01. The van der Waals surface area contributed by atoms with E-state index in [1.54, 1.807) is 0 Å². The van der Waals surface area contributed by atoms with Crippen LogP contribution in [0.1, 0.15) is 45.6 Å². The fourth-order valence-corrected chi connectivity index (χ4v) is 3.33. The van der Waals surface area contributed by atoms with Crippen molar-refractivity contribution in [3.63, 3.8) is 0 Å². The highest BCUT2D eigenvalue weighted by molar-refractivity contribution is 5.18. The van der Waals surface area contributed by atoms with Gasteiger partial charge in [-0.05, 0) is 45.2 Å². The summed E-state index contributed by atoms with van der Waals surface area (Å²) in [6.07, 6.45) is 1.21. The lowest BCUT2D eigenvalue weighted by Crippen LogP contribution is -2.55. The molecule has 22 heavy (non-hydrogen) atoms. The number of benzene rings is 1. The van der Waals surface area contributed by atoms with Crippen molar-refractivity contribution in [2.45, 2.75) is 51.7 Å². The molecule has 1 aromatic rings. The van der Waals surface area contributed by atoms with Gasteiger partial charge >= 0.3 is 0 Å². The summed E-state index contributed by atoms with van der Waals surface area (Å²) in [6, 6.07) is 11.3. The standard InChI is InChI=1S/C19H32N2O/c1-16(18-8-6-5-7-9-18)10-11-20-12-13-21(17(2)14-20)15-19(3,4)22/h5-9,16-17,22H,10-15H2,1-4H3/t16-,17+/m1/s1. The third-order valence-corrected chi connectivity index (χ3v) is 4.69. The lowest BCUT2D eigenvalue weighted by atomic mass is 9.97. The Morgan fingerprint density at radius 1 is 1.23 bits per heavy atom. The Labute approximate surface area is 135 Å². The van der Waals surface area contributed by atoms with Gasteiger partial charge in [-0.3, -0.25) is 4.90 Å². The molecule has 0 spiro atoms. The number of rotatable bonds is 6. The molecule has 0 bridgehead atoms. The molecule has 0 radical (unpaired) electrons. The Bertz CT molecular complexity index is 440. The van der Waals surface area contributed by atoms with Gasteiger partial charge in [-0.2, -0.15) is 0 Å². The van der Waals surface area contributed by atoms with Crippen molar-refractivity contribution in [1.29, 1.82) is 0 Å². The van der Waals surface area contributed by atoms with Crippen LogP contribution >= 0.6 is 0 Å². The summed E-state index contributed by atoms with van der Waals surface area (Å²) in [5.74, 6) is 0.617. The first-order chi connectivity index (χ1) is 10.3. The summed E-state index contributed by atoms with van der Waals surface area (Å²) >= 11 is 0. The molecule has 3 nitrogen and oxygen atoms in total. The first-order valence-corrected chi connectivity index (χ1v) is 8.59. The van der Waals surface area contributed by atoms with Gasteiger partial charge < -0.3 is 10.0 Å². The summed E-state index contributed by atoms with van der Waals surface area (Å²) in [4.78, 5) is 4.99. The molecular weight excluding hydrogens is 272 g/mol. The van der Waals surface area contributed by atoms with Crippen LogP contribution in [0.4, 0.5) is 0 Å². The van der Waals surface area contributed by atoms with Gasteiger partial charge in [-0.15, -0.1) is 0 Å². The zero-order chi connectivity index (χ0) is 16.2. The summed E-state index contributed by atoms with van der Waals surface area (Å²) in [6.45, 7) is 13.6. The third-order valence-electron chi connectivity index (χ3n) is 4.69. The van der Waals surface area contributed by atoms with Crippen LogP contribution in [0.5, 0.6) is 0 Å². The molecule has 2 rings (SSSR count). The van der Waals surface area contributed by atoms with Crippen molar-refractivity contribution >= 4 is 0 Å². The largest absolute Gasteiger partial charge is 0.389 e. The van der Waals surface area contributed by atoms with Crippen LogP contribution in [-0.4, -0.2) is 59.3 Å².